The lowest BCUT2D eigenvalue weighted by Gasteiger charge is -2.12. The Balaban J connectivity index is 1.83. The van der Waals surface area contributed by atoms with Gasteiger partial charge in [-0.25, -0.2) is 0 Å². The molecule has 3 rings (SSSR count). The van der Waals surface area contributed by atoms with Crippen molar-refractivity contribution in [1.29, 1.82) is 0 Å². The highest BCUT2D eigenvalue weighted by molar-refractivity contribution is 6.05. The molecule has 2 aromatic heterocycles. The van der Waals surface area contributed by atoms with Crippen molar-refractivity contribution in [2.75, 3.05) is 5.32 Å². The van der Waals surface area contributed by atoms with Crippen LogP contribution in [0.25, 0.3) is 0 Å². The molecule has 7 nitrogen and oxygen atoms in total. The van der Waals surface area contributed by atoms with Gasteiger partial charge >= 0.3 is 6.01 Å². The zero-order chi connectivity index (χ0) is 17.1. The van der Waals surface area contributed by atoms with Crippen molar-refractivity contribution >= 4 is 11.6 Å². The minimum Gasteiger partial charge on any atom is -0.424 e. The van der Waals surface area contributed by atoms with Crippen molar-refractivity contribution in [2.24, 2.45) is 0 Å². The standard InChI is InChI=1S/C17H16N4O3/c1-10-15(21-16(22)14-9-18-24-12(14)3)11(2)20-17(19-10)23-13-7-5-4-6-8-13/h4-9H,1-3H3,(H,21,22). The van der Waals surface area contributed by atoms with Crippen molar-refractivity contribution in [1.82, 2.24) is 15.1 Å². The highest BCUT2D eigenvalue weighted by atomic mass is 16.5. The number of ether oxygens (including phenoxy) is 1. The quantitative estimate of drug-likeness (QED) is 0.790. The minimum absolute atomic E-state index is 0.232. The molecule has 0 aliphatic rings. The topological polar surface area (TPSA) is 90.1 Å². The van der Waals surface area contributed by atoms with Crippen molar-refractivity contribution in [3.05, 3.63) is 59.2 Å². The van der Waals surface area contributed by atoms with E-state index in [9.17, 15) is 4.79 Å². The second-order valence-electron chi connectivity index (χ2n) is 5.22. The Bertz CT molecular complexity index is 852. The van der Waals surface area contributed by atoms with E-state index in [2.05, 4.69) is 20.4 Å². The first kappa shape index (κ1) is 15.7. The van der Waals surface area contributed by atoms with Gasteiger partial charge in [0, 0.05) is 0 Å². The first-order valence-electron chi connectivity index (χ1n) is 7.35. The summed E-state index contributed by atoms with van der Waals surface area (Å²) in [5.41, 5.74) is 2.13. The van der Waals surface area contributed by atoms with Gasteiger partial charge in [0.25, 0.3) is 5.91 Å². The van der Waals surface area contributed by atoms with Crippen LogP contribution in [0.15, 0.2) is 41.1 Å². The third-order valence-electron chi connectivity index (χ3n) is 3.44. The zero-order valence-electron chi connectivity index (χ0n) is 13.5. The van der Waals surface area contributed by atoms with Crippen LogP contribution in [0, 0.1) is 20.8 Å². The van der Waals surface area contributed by atoms with Crippen LogP contribution in [0.5, 0.6) is 11.8 Å². The highest BCUT2D eigenvalue weighted by Crippen LogP contribution is 2.24. The Kier molecular flexibility index (Phi) is 4.24. The second-order valence-corrected chi connectivity index (χ2v) is 5.22. The highest BCUT2D eigenvalue weighted by Gasteiger charge is 2.17. The lowest BCUT2D eigenvalue weighted by atomic mass is 10.2. The van der Waals surface area contributed by atoms with Gasteiger partial charge in [0.15, 0.2) is 0 Å². The summed E-state index contributed by atoms with van der Waals surface area (Å²) in [7, 11) is 0. The number of carbonyl (C=O) groups is 1. The summed E-state index contributed by atoms with van der Waals surface area (Å²) >= 11 is 0. The maximum absolute atomic E-state index is 12.3. The molecule has 0 fully saturated rings. The lowest BCUT2D eigenvalue weighted by molar-refractivity contribution is 0.102. The van der Waals surface area contributed by atoms with Crippen molar-refractivity contribution in [3.63, 3.8) is 0 Å². The Morgan fingerprint density at radius 2 is 1.75 bits per heavy atom. The average Bonchev–Trinajstić information content (AvgIpc) is 2.98. The molecule has 0 aliphatic heterocycles. The monoisotopic (exact) mass is 324 g/mol. The van der Waals surface area contributed by atoms with Gasteiger partial charge in [-0.3, -0.25) is 4.79 Å². The molecule has 1 aromatic carbocycles. The number of aryl methyl sites for hydroxylation is 3. The van der Waals surface area contributed by atoms with E-state index in [4.69, 9.17) is 9.26 Å². The van der Waals surface area contributed by atoms with Gasteiger partial charge in [-0.15, -0.1) is 0 Å². The molecule has 0 radical (unpaired) electrons. The van der Waals surface area contributed by atoms with Crippen LogP contribution < -0.4 is 10.1 Å². The fourth-order valence-corrected chi connectivity index (χ4v) is 2.20. The first-order valence-corrected chi connectivity index (χ1v) is 7.35. The van der Waals surface area contributed by atoms with E-state index in [1.54, 1.807) is 20.8 Å². The summed E-state index contributed by atoms with van der Waals surface area (Å²) in [6.45, 7) is 5.24. The molecule has 3 aromatic rings. The SMILES string of the molecule is Cc1nc(Oc2ccccc2)nc(C)c1NC(=O)c1cnoc1C. The lowest BCUT2D eigenvalue weighted by Crippen LogP contribution is -2.15. The normalized spacial score (nSPS) is 10.5. The van der Waals surface area contributed by atoms with E-state index >= 15 is 0 Å². The van der Waals surface area contributed by atoms with Gasteiger partial charge in [-0.1, -0.05) is 23.4 Å². The zero-order valence-corrected chi connectivity index (χ0v) is 13.5. The molecule has 24 heavy (non-hydrogen) atoms. The molecule has 1 amide bonds. The Morgan fingerprint density at radius 3 is 2.33 bits per heavy atom. The smallest absolute Gasteiger partial charge is 0.322 e. The fourth-order valence-electron chi connectivity index (χ4n) is 2.20. The third kappa shape index (κ3) is 3.24. The average molecular weight is 324 g/mol. The van der Waals surface area contributed by atoms with E-state index < -0.39 is 0 Å². The maximum Gasteiger partial charge on any atom is 0.322 e. The molecule has 1 N–H and O–H groups in total. The molecule has 2 heterocycles. The number of anilines is 1. The summed E-state index contributed by atoms with van der Waals surface area (Å²) in [5, 5.41) is 6.40. The molecule has 0 spiro atoms. The van der Waals surface area contributed by atoms with Crippen LogP contribution in [-0.2, 0) is 0 Å². The Hall–Kier alpha value is -3.22. The number of hydrogen-bond acceptors (Lipinski definition) is 6. The van der Waals surface area contributed by atoms with Crippen LogP contribution in [0.2, 0.25) is 0 Å². The Morgan fingerprint density at radius 1 is 1.08 bits per heavy atom. The van der Waals surface area contributed by atoms with Crippen LogP contribution in [0.4, 0.5) is 5.69 Å². The fraction of sp³-hybridized carbons (Fsp3) is 0.176. The number of carbonyl (C=O) groups excluding carboxylic acids is 1. The van der Waals surface area contributed by atoms with E-state index in [1.165, 1.54) is 6.20 Å². The number of benzene rings is 1. The van der Waals surface area contributed by atoms with E-state index in [-0.39, 0.29) is 11.9 Å². The molecule has 7 heteroatoms. The van der Waals surface area contributed by atoms with Crippen molar-refractivity contribution < 1.29 is 14.1 Å². The summed E-state index contributed by atoms with van der Waals surface area (Å²) in [5.74, 6) is 0.779. The molecule has 122 valence electrons. The molecule has 0 aliphatic carbocycles. The predicted molar refractivity (Wildman–Crippen MR) is 87.2 cm³/mol. The van der Waals surface area contributed by atoms with Crippen LogP contribution in [-0.4, -0.2) is 21.0 Å². The number of rotatable bonds is 4. The molecule has 0 saturated carbocycles. The number of aromatic nitrogens is 3. The predicted octanol–water partition coefficient (Wildman–Crippen LogP) is 3.43. The number of nitrogens with zero attached hydrogens (tertiary/aromatic N) is 3. The summed E-state index contributed by atoms with van der Waals surface area (Å²) in [4.78, 5) is 20.9. The van der Waals surface area contributed by atoms with Gasteiger partial charge < -0.3 is 14.6 Å². The summed E-state index contributed by atoms with van der Waals surface area (Å²) < 4.78 is 10.5. The molecular weight excluding hydrogens is 308 g/mol. The van der Waals surface area contributed by atoms with E-state index in [0.29, 0.717) is 34.1 Å². The summed E-state index contributed by atoms with van der Waals surface area (Å²) in [6.07, 6.45) is 1.38. The van der Waals surface area contributed by atoms with E-state index in [0.717, 1.165) is 0 Å². The van der Waals surface area contributed by atoms with Gasteiger partial charge in [0.05, 0.1) is 23.3 Å². The van der Waals surface area contributed by atoms with Crippen LogP contribution in [0.3, 0.4) is 0 Å². The number of hydrogen-bond donors (Lipinski definition) is 1. The van der Waals surface area contributed by atoms with Gasteiger partial charge in [0.2, 0.25) is 0 Å². The minimum atomic E-state index is -0.319. The molecule has 0 bridgehead atoms. The van der Waals surface area contributed by atoms with Crippen LogP contribution in [0.1, 0.15) is 27.5 Å². The summed E-state index contributed by atoms with van der Waals surface area (Å²) in [6, 6.07) is 9.50. The molecule has 0 atom stereocenters. The number of para-hydroxylation sites is 1. The molecular formula is C17H16N4O3. The number of amides is 1. The number of nitrogens with one attached hydrogen (secondary N) is 1. The van der Waals surface area contributed by atoms with Gasteiger partial charge in [-0.2, -0.15) is 9.97 Å². The van der Waals surface area contributed by atoms with Crippen molar-refractivity contribution in [3.8, 4) is 11.8 Å². The van der Waals surface area contributed by atoms with E-state index in [1.807, 2.05) is 30.3 Å². The first-order chi connectivity index (χ1) is 11.5. The van der Waals surface area contributed by atoms with Gasteiger partial charge in [-0.05, 0) is 32.9 Å². The Labute approximate surface area is 138 Å². The molecule has 0 unspecified atom stereocenters. The third-order valence-corrected chi connectivity index (χ3v) is 3.44. The van der Waals surface area contributed by atoms with Gasteiger partial charge in [0.1, 0.15) is 17.1 Å². The van der Waals surface area contributed by atoms with Crippen LogP contribution >= 0.6 is 0 Å². The second kappa shape index (κ2) is 6.49. The molecule has 0 saturated heterocycles. The largest absolute Gasteiger partial charge is 0.424 e. The van der Waals surface area contributed by atoms with Crippen molar-refractivity contribution in [2.45, 2.75) is 20.8 Å². The maximum atomic E-state index is 12.3.